The van der Waals surface area contributed by atoms with Crippen LogP contribution in [0.25, 0.3) is 5.57 Å². The molecule has 0 amide bonds. The predicted octanol–water partition coefficient (Wildman–Crippen LogP) is 2.81. The number of carbonyl (C=O) groups excluding carboxylic acids is 1. The van der Waals surface area contributed by atoms with Crippen LogP contribution >= 0.6 is 15.9 Å². The van der Waals surface area contributed by atoms with Gasteiger partial charge in [-0.05, 0) is 40.1 Å². The van der Waals surface area contributed by atoms with Gasteiger partial charge in [0.15, 0.2) is 0 Å². The molecule has 0 atom stereocenters. The van der Waals surface area contributed by atoms with Gasteiger partial charge in [0.25, 0.3) is 0 Å². The molecule has 0 aliphatic carbocycles. The van der Waals surface area contributed by atoms with Gasteiger partial charge in [0.2, 0.25) is 0 Å². The molecule has 0 fully saturated rings. The summed E-state index contributed by atoms with van der Waals surface area (Å²) in [5, 5.41) is 0. The molecule has 1 heterocycles. The van der Waals surface area contributed by atoms with Crippen molar-refractivity contribution < 1.29 is 9.53 Å². The number of nitrogens with zero attached hydrogens (tertiary/aromatic N) is 1. The van der Waals surface area contributed by atoms with Gasteiger partial charge in [0, 0.05) is 16.9 Å². The van der Waals surface area contributed by atoms with Crippen LogP contribution in [-0.4, -0.2) is 17.6 Å². The fourth-order valence-electron chi connectivity index (χ4n) is 1.09. The van der Waals surface area contributed by atoms with Crippen molar-refractivity contribution in [1.29, 1.82) is 0 Å². The lowest BCUT2D eigenvalue weighted by molar-refractivity contribution is -0.141. The Morgan fingerprint density at radius 1 is 1.60 bits per heavy atom. The zero-order valence-corrected chi connectivity index (χ0v) is 10.1. The van der Waals surface area contributed by atoms with Gasteiger partial charge in [0.1, 0.15) is 0 Å². The average Bonchev–Trinajstić information content (AvgIpc) is 2.18. The number of aromatic nitrogens is 1. The van der Waals surface area contributed by atoms with Crippen LogP contribution in [0, 0.1) is 0 Å². The summed E-state index contributed by atoms with van der Waals surface area (Å²) in [6, 6.07) is 1.87. The molecule has 15 heavy (non-hydrogen) atoms. The minimum absolute atomic E-state index is 0.200. The van der Waals surface area contributed by atoms with Crippen LogP contribution in [0.15, 0.2) is 29.5 Å². The summed E-state index contributed by atoms with van der Waals surface area (Å²) in [4.78, 5) is 15.2. The molecule has 0 aromatic carbocycles. The number of pyridine rings is 1. The molecular formula is C11H12BrNO2. The van der Waals surface area contributed by atoms with Gasteiger partial charge in [-0.25, -0.2) is 0 Å². The van der Waals surface area contributed by atoms with Crippen molar-refractivity contribution in [2.24, 2.45) is 0 Å². The molecule has 1 rings (SSSR count). The van der Waals surface area contributed by atoms with Crippen molar-refractivity contribution in [3.8, 4) is 0 Å². The molecule has 0 saturated carbocycles. The Morgan fingerprint density at radius 2 is 2.33 bits per heavy atom. The Labute approximate surface area is 97.3 Å². The van der Waals surface area contributed by atoms with E-state index in [4.69, 9.17) is 4.74 Å². The first-order chi connectivity index (χ1) is 7.13. The topological polar surface area (TPSA) is 39.2 Å². The molecule has 4 heteroatoms. The number of halogens is 1. The zero-order valence-electron chi connectivity index (χ0n) is 8.50. The summed E-state index contributed by atoms with van der Waals surface area (Å²) in [6.07, 6.45) is 3.55. The maximum absolute atomic E-state index is 11.2. The molecular weight excluding hydrogens is 258 g/mol. The highest BCUT2D eigenvalue weighted by Crippen LogP contribution is 2.19. The lowest BCUT2D eigenvalue weighted by atomic mass is 10.1. The number of hydrogen-bond acceptors (Lipinski definition) is 3. The van der Waals surface area contributed by atoms with Crippen molar-refractivity contribution in [3.63, 3.8) is 0 Å². The number of carbonyl (C=O) groups is 1. The van der Waals surface area contributed by atoms with Crippen LogP contribution in [0.2, 0.25) is 0 Å². The van der Waals surface area contributed by atoms with E-state index in [0.29, 0.717) is 12.2 Å². The first kappa shape index (κ1) is 11.9. The van der Waals surface area contributed by atoms with E-state index >= 15 is 0 Å². The van der Waals surface area contributed by atoms with Crippen LogP contribution in [0.5, 0.6) is 0 Å². The van der Waals surface area contributed by atoms with Crippen molar-refractivity contribution in [3.05, 3.63) is 35.1 Å². The molecule has 0 saturated heterocycles. The molecule has 0 aliphatic heterocycles. The van der Waals surface area contributed by atoms with E-state index < -0.39 is 0 Å². The molecule has 0 radical (unpaired) electrons. The fraction of sp³-hybridized carbons (Fsp3) is 0.273. The van der Waals surface area contributed by atoms with E-state index in [1.165, 1.54) is 0 Å². The standard InChI is InChI=1S/C11H12BrNO2/c1-3-15-11(14)4-8(2)9-5-10(12)7-13-6-9/h5-7H,2-4H2,1H3. The second-order valence-corrected chi connectivity index (χ2v) is 3.89. The van der Waals surface area contributed by atoms with Crippen LogP contribution < -0.4 is 0 Å². The smallest absolute Gasteiger partial charge is 0.310 e. The summed E-state index contributed by atoms with van der Waals surface area (Å²) < 4.78 is 5.70. The molecule has 1 aromatic heterocycles. The van der Waals surface area contributed by atoms with Gasteiger partial charge in [0.05, 0.1) is 13.0 Å². The summed E-state index contributed by atoms with van der Waals surface area (Å²) >= 11 is 3.31. The molecule has 80 valence electrons. The molecule has 0 bridgehead atoms. The van der Waals surface area contributed by atoms with Gasteiger partial charge in [-0.2, -0.15) is 0 Å². The van der Waals surface area contributed by atoms with E-state index in [1.807, 2.05) is 6.07 Å². The highest BCUT2D eigenvalue weighted by molar-refractivity contribution is 9.10. The SMILES string of the molecule is C=C(CC(=O)OCC)c1cncc(Br)c1. The maximum atomic E-state index is 11.2. The van der Waals surface area contributed by atoms with Crippen molar-refractivity contribution in [2.75, 3.05) is 6.61 Å². The van der Waals surface area contributed by atoms with E-state index in [2.05, 4.69) is 27.5 Å². The lowest BCUT2D eigenvalue weighted by Crippen LogP contribution is -2.04. The third-order valence-electron chi connectivity index (χ3n) is 1.78. The van der Waals surface area contributed by atoms with Crippen LogP contribution in [-0.2, 0) is 9.53 Å². The quantitative estimate of drug-likeness (QED) is 0.790. The third-order valence-corrected chi connectivity index (χ3v) is 2.21. The van der Waals surface area contributed by atoms with E-state index in [0.717, 1.165) is 10.0 Å². The zero-order chi connectivity index (χ0) is 11.3. The van der Waals surface area contributed by atoms with Crippen LogP contribution in [0.1, 0.15) is 18.9 Å². The Kier molecular flexibility index (Phi) is 4.49. The van der Waals surface area contributed by atoms with Crippen molar-refractivity contribution in [1.82, 2.24) is 4.98 Å². The molecule has 0 unspecified atom stereocenters. The van der Waals surface area contributed by atoms with Gasteiger partial charge >= 0.3 is 5.97 Å². The van der Waals surface area contributed by atoms with Crippen LogP contribution in [0.3, 0.4) is 0 Å². The largest absolute Gasteiger partial charge is 0.466 e. The van der Waals surface area contributed by atoms with Gasteiger partial charge in [-0.3, -0.25) is 9.78 Å². The normalized spacial score (nSPS) is 9.73. The first-order valence-corrected chi connectivity index (χ1v) is 5.37. The van der Waals surface area contributed by atoms with E-state index in [9.17, 15) is 4.79 Å². The minimum Gasteiger partial charge on any atom is -0.466 e. The molecule has 0 spiro atoms. The second-order valence-electron chi connectivity index (χ2n) is 2.98. The summed E-state index contributed by atoms with van der Waals surface area (Å²) in [6.45, 7) is 6.00. The number of esters is 1. The van der Waals surface area contributed by atoms with Crippen molar-refractivity contribution >= 4 is 27.5 Å². The lowest BCUT2D eigenvalue weighted by Gasteiger charge is -2.05. The summed E-state index contributed by atoms with van der Waals surface area (Å²) in [5.41, 5.74) is 1.56. The molecule has 0 N–H and O–H groups in total. The Bertz CT molecular complexity index is 377. The number of rotatable bonds is 4. The van der Waals surface area contributed by atoms with Crippen LogP contribution in [0.4, 0.5) is 0 Å². The van der Waals surface area contributed by atoms with E-state index in [1.54, 1.807) is 19.3 Å². The number of hydrogen-bond donors (Lipinski definition) is 0. The Balaban J connectivity index is 2.65. The maximum Gasteiger partial charge on any atom is 0.310 e. The minimum atomic E-state index is -0.262. The van der Waals surface area contributed by atoms with Crippen molar-refractivity contribution in [2.45, 2.75) is 13.3 Å². The molecule has 3 nitrogen and oxygen atoms in total. The van der Waals surface area contributed by atoms with Gasteiger partial charge in [-0.1, -0.05) is 6.58 Å². The Hall–Kier alpha value is -1.16. The van der Waals surface area contributed by atoms with Gasteiger partial charge < -0.3 is 4.74 Å². The number of ether oxygens (including phenoxy) is 1. The molecule has 1 aromatic rings. The highest BCUT2D eigenvalue weighted by atomic mass is 79.9. The fourth-order valence-corrected chi connectivity index (χ4v) is 1.46. The monoisotopic (exact) mass is 269 g/mol. The van der Waals surface area contributed by atoms with E-state index in [-0.39, 0.29) is 12.4 Å². The average molecular weight is 270 g/mol. The Morgan fingerprint density at radius 3 is 2.93 bits per heavy atom. The highest BCUT2D eigenvalue weighted by Gasteiger charge is 2.07. The predicted molar refractivity (Wildman–Crippen MR) is 62.2 cm³/mol. The second kappa shape index (κ2) is 5.66. The summed E-state index contributed by atoms with van der Waals surface area (Å²) in [5.74, 6) is -0.262. The molecule has 0 aliphatic rings. The summed E-state index contributed by atoms with van der Waals surface area (Å²) in [7, 11) is 0. The first-order valence-electron chi connectivity index (χ1n) is 4.57. The van der Waals surface area contributed by atoms with Gasteiger partial charge in [-0.15, -0.1) is 0 Å². The third kappa shape index (κ3) is 3.83.